The second-order valence-corrected chi connectivity index (χ2v) is 5.24. The number of halogens is 1. The van der Waals surface area contributed by atoms with Gasteiger partial charge in [0.25, 0.3) is 0 Å². The van der Waals surface area contributed by atoms with Crippen molar-refractivity contribution in [2.75, 3.05) is 0 Å². The third-order valence-corrected chi connectivity index (χ3v) is 4.23. The van der Waals surface area contributed by atoms with Crippen molar-refractivity contribution in [2.24, 2.45) is 0 Å². The first-order valence-electron chi connectivity index (χ1n) is 5.72. The number of aryl methyl sites for hydroxylation is 3. The zero-order valence-electron chi connectivity index (χ0n) is 10.6. The highest BCUT2D eigenvalue weighted by Gasteiger charge is 2.13. The Morgan fingerprint density at radius 1 is 1.11 bits per heavy atom. The quantitative estimate of drug-likeness (QED) is 0.785. The lowest BCUT2D eigenvalue weighted by Crippen LogP contribution is -2.05. The molecule has 0 radical (unpaired) electrons. The fourth-order valence-corrected chi connectivity index (χ4v) is 2.16. The van der Waals surface area contributed by atoms with Gasteiger partial charge in [0.05, 0.1) is 0 Å². The lowest BCUT2D eigenvalue weighted by molar-refractivity contribution is 0.103. The van der Waals surface area contributed by atoms with Crippen LogP contribution in [0.3, 0.4) is 0 Å². The highest BCUT2D eigenvalue weighted by molar-refractivity contribution is 9.10. The van der Waals surface area contributed by atoms with Crippen molar-refractivity contribution in [3.63, 3.8) is 0 Å². The average Bonchev–Trinajstić information content (AvgIpc) is 2.35. The van der Waals surface area contributed by atoms with Crippen LogP contribution in [0.1, 0.15) is 32.6 Å². The molecule has 0 N–H and O–H groups in total. The van der Waals surface area contributed by atoms with Crippen LogP contribution in [0.5, 0.6) is 0 Å². The molecule has 2 aromatic rings. The monoisotopic (exact) mass is 303 g/mol. The van der Waals surface area contributed by atoms with Crippen LogP contribution in [0, 0.1) is 20.8 Å². The fraction of sp³-hybridized carbons (Fsp3) is 0.200. The molecule has 0 aliphatic rings. The summed E-state index contributed by atoms with van der Waals surface area (Å²) >= 11 is 3.51. The summed E-state index contributed by atoms with van der Waals surface area (Å²) < 4.78 is 1.06. The molecule has 3 heteroatoms. The van der Waals surface area contributed by atoms with Crippen LogP contribution in [-0.2, 0) is 0 Å². The maximum atomic E-state index is 12.4. The number of pyridine rings is 1. The Kier molecular flexibility index (Phi) is 3.62. The van der Waals surface area contributed by atoms with Crippen LogP contribution in [0.25, 0.3) is 0 Å². The maximum absolute atomic E-state index is 12.4. The molecule has 0 unspecified atom stereocenters. The Hall–Kier alpha value is -1.48. The van der Waals surface area contributed by atoms with Crippen LogP contribution < -0.4 is 0 Å². The highest BCUT2D eigenvalue weighted by Crippen LogP contribution is 2.24. The van der Waals surface area contributed by atoms with Gasteiger partial charge in [-0.25, -0.2) is 0 Å². The SMILES string of the molecule is Cc1ccncc1C(=O)c1cc(C)c(Br)c(C)c1. The zero-order chi connectivity index (χ0) is 13.3. The maximum Gasteiger partial charge on any atom is 0.194 e. The molecule has 0 spiro atoms. The average molecular weight is 304 g/mol. The fourth-order valence-electron chi connectivity index (χ4n) is 1.93. The van der Waals surface area contributed by atoms with E-state index in [2.05, 4.69) is 20.9 Å². The van der Waals surface area contributed by atoms with Crippen LogP contribution in [-0.4, -0.2) is 10.8 Å². The molecule has 0 fully saturated rings. The van der Waals surface area contributed by atoms with E-state index in [1.807, 2.05) is 39.0 Å². The first-order chi connectivity index (χ1) is 8.50. The van der Waals surface area contributed by atoms with E-state index in [4.69, 9.17) is 0 Å². The summed E-state index contributed by atoms with van der Waals surface area (Å²) in [6.07, 6.45) is 3.33. The molecule has 18 heavy (non-hydrogen) atoms. The molecule has 0 saturated heterocycles. The molecule has 0 aliphatic carbocycles. The lowest BCUT2D eigenvalue weighted by atomic mass is 9.98. The minimum Gasteiger partial charge on any atom is -0.289 e. The number of ketones is 1. The van der Waals surface area contributed by atoms with Crippen molar-refractivity contribution in [1.82, 2.24) is 4.98 Å². The van der Waals surface area contributed by atoms with Crippen LogP contribution >= 0.6 is 15.9 Å². The molecule has 0 saturated carbocycles. The van der Waals surface area contributed by atoms with Crippen molar-refractivity contribution in [3.8, 4) is 0 Å². The number of aromatic nitrogens is 1. The second kappa shape index (κ2) is 5.02. The minimum atomic E-state index is 0.0271. The predicted molar refractivity (Wildman–Crippen MR) is 76.0 cm³/mol. The Morgan fingerprint density at radius 3 is 2.28 bits per heavy atom. The lowest BCUT2D eigenvalue weighted by Gasteiger charge is -2.08. The Labute approximate surface area is 115 Å². The van der Waals surface area contributed by atoms with Crippen molar-refractivity contribution in [2.45, 2.75) is 20.8 Å². The molecule has 1 heterocycles. The molecule has 1 aromatic heterocycles. The van der Waals surface area contributed by atoms with Gasteiger partial charge in [-0.2, -0.15) is 0 Å². The number of benzene rings is 1. The summed E-state index contributed by atoms with van der Waals surface area (Å²) in [5.41, 5.74) is 4.47. The highest BCUT2D eigenvalue weighted by atomic mass is 79.9. The topological polar surface area (TPSA) is 30.0 Å². The van der Waals surface area contributed by atoms with Gasteiger partial charge in [-0.3, -0.25) is 9.78 Å². The van der Waals surface area contributed by atoms with E-state index >= 15 is 0 Å². The molecular weight excluding hydrogens is 290 g/mol. The summed E-state index contributed by atoms with van der Waals surface area (Å²) in [6.45, 7) is 5.90. The number of carbonyl (C=O) groups excluding carboxylic acids is 1. The Morgan fingerprint density at radius 2 is 1.72 bits per heavy atom. The van der Waals surface area contributed by atoms with Gasteiger partial charge in [0.15, 0.2) is 5.78 Å². The van der Waals surface area contributed by atoms with Crippen molar-refractivity contribution >= 4 is 21.7 Å². The summed E-state index contributed by atoms with van der Waals surface area (Å²) in [5.74, 6) is 0.0271. The van der Waals surface area contributed by atoms with Gasteiger partial charge >= 0.3 is 0 Å². The van der Waals surface area contributed by atoms with E-state index in [9.17, 15) is 4.79 Å². The summed E-state index contributed by atoms with van der Waals surface area (Å²) in [7, 11) is 0. The largest absolute Gasteiger partial charge is 0.289 e. The first kappa shape index (κ1) is 13.0. The van der Waals surface area contributed by atoms with Gasteiger partial charge in [0.2, 0.25) is 0 Å². The zero-order valence-corrected chi connectivity index (χ0v) is 12.2. The van der Waals surface area contributed by atoms with Crippen LogP contribution in [0.4, 0.5) is 0 Å². The molecule has 1 aromatic carbocycles. The van der Waals surface area contributed by atoms with E-state index in [0.717, 1.165) is 21.2 Å². The first-order valence-corrected chi connectivity index (χ1v) is 6.52. The normalized spacial score (nSPS) is 10.4. The van der Waals surface area contributed by atoms with Crippen molar-refractivity contribution < 1.29 is 4.79 Å². The smallest absolute Gasteiger partial charge is 0.194 e. The van der Waals surface area contributed by atoms with Gasteiger partial charge in [-0.05, 0) is 55.7 Å². The molecule has 0 aliphatic heterocycles. The molecular formula is C15H14BrNO. The van der Waals surface area contributed by atoms with E-state index in [-0.39, 0.29) is 5.78 Å². The predicted octanol–water partition coefficient (Wildman–Crippen LogP) is 4.00. The van der Waals surface area contributed by atoms with E-state index in [0.29, 0.717) is 11.1 Å². The number of nitrogens with zero attached hydrogens (tertiary/aromatic N) is 1. The molecule has 0 bridgehead atoms. The van der Waals surface area contributed by atoms with Gasteiger partial charge in [0, 0.05) is 28.0 Å². The van der Waals surface area contributed by atoms with E-state index in [1.54, 1.807) is 12.4 Å². The van der Waals surface area contributed by atoms with Crippen LogP contribution in [0.2, 0.25) is 0 Å². The van der Waals surface area contributed by atoms with Gasteiger partial charge in [-0.1, -0.05) is 15.9 Å². The van der Waals surface area contributed by atoms with Gasteiger partial charge in [-0.15, -0.1) is 0 Å². The molecule has 2 nitrogen and oxygen atoms in total. The van der Waals surface area contributed by atoms with Crippen LogP contribution in [0.15, 0.2) is 35.1 Å². The summed E-state index contributed by atoms with van der Waals surface area (Å²) in [5, 5.41) is 0. The van der Waals surface area contributed by atoms with Crippen molar-refractivity contribution in [3.05, 3.63) is 62.9 Å². The van der Waals surface area contributed by atoms with E-state index in [1.165, 1.54) is 0 Å². The summed E-state index contributed by atoms with van der Waals surface area (Å²) in [6, 6.07) is 5.67. The van der Waals surface area contributed by atoms with Gasteiger partial charge in [0.1, 0.15) is 0 Å². The standard InChI is InChI=1S/C15H14BrNO/c1-9-4-5-17-8-13(9)15(18)12-6-10(2)14(16)11(3)7-12/h4-8H,1-3H3. The number of carbonyl (C=O) groups is 1. The Balaban J connectivity index is 2.51. The summed E-state index contributed by atoms with van der Waals surface area (Å²) in [4.78, 5) is 16.5. The second-order valence-electron chi connectivity index (χ2n) is 4.44. The van der Waals surface area contributed by atoms with Crippen molar-refractivity contribution in [1.29, 1.82) is 0 Å². The molecule has 92 valence electrons. The third kappa shape index (κ3) is 2.36. The van der Waals surface area contributed by atoms with E-state index < -0.39 is 0 Å². The molecule has 2 rings (SSSR count). The van der Waals surface area contributed by atoms with Gasteiger partial charge < -0.3 is 0 Å². The third-order valence-electron chi connectivity index (χ3n) is 2.98. The number of hydrogen-bond acceptors (Lipinski definition) is 2. The Bertz CT molecular complexity index is 597. The number of rotatable bonds is 2. The molecule has 0 atom stereocenters. The molecule has 0 amide bonds. The number of hydrogen-bond donors (Lipinski definition) is 0. The minimum absolute atomic E-state index is 0.0271.